The van der Waals surface area contributed by atoms with Gasteiger partial charge in [0.05, 0.1) is 7.11 Å². The number of anilines is 1. The van der Waals surface area contributed by atoms with Crippen molar-refractivity contribution in [2.75, 3.05) is 12.4 Å². The Hall–Kier alpha value is -1.75. The summed E-state index contributed by atoms with van der Waals surface area (Å²) >= 11 is 0. The predicted octanol–water partition coefficient (Wildman–Crippen LogP) is 3.61. The molecular weight excluding hydrogens is 302 g/mol. The standard InChI is InChI=1S/C19H29N3O2/c1-13(2)22-16-5-4-6-17(22)12-15(11-16)21-19(23)20-14-7-9-18(24-3)10-8-14/h7-10,13,15-17H,4-6,11-12H2,1-3H3,(H2,20,21,23)/t15?,16-,17+. The molecule has 2 amide bonds. The van der Waals surface area contributed by atoms with Gasteiger partial charge in [-0.15, -0.1) is 0 Å². The molecule has 132 valence electrons. The molecule has 1 aromatic rings. The van der Waals surface area contributed by atoms with Crippen molar-refractivity contribution < 1.29 is 9.53 Å². The molecule has 0 aliphatic carbocycles. The van der Waals surface area contributed by atoms with Crippen molar-refractivity contribution in [1.82, 2.24) is 10.2 Å². The molecule has 2 aliphatic rings. The third-order valence-corrected chi connectivity index (χ3v) is 5.31. The molecule has 0 saturated carbocycles. The topological polar surface area (TPSA) is 53.6 Å². The van der Waals surface area contributed by atoms with Gasteiger partial charge in [-0.1, -0.05) is 6.42 Å². The lowest BCUT2D eigenvalue weighted by molar-refractivity contribution is 0.00233. The third-order valence-electron chi connectivity index (χ3n) is 5.31. The van der Waals surface area contributed by atoms with Crippen LogP contribution in [-0.4, -0.2) is 42.2 Å². The summed E-state index contributed by atoms with van der Waals surface area (Å²) in [7, 11) is 1.63. The minimum Gasteiger partial charge on any atom is -0.497 e. The third kappa shape index (κ3) is 3.83. The van der Waals surface area contributed by atoms with E-state index in [0.717, 1.165) is 24.3 Å². The minimum absolute atomic E-state index is 0.110. The van der Waals surface area contributed by atoms with Crippen LogP contribution in [0.3, 0.4) is 0 Å². The zero-order chi connectivity index (χ0) is 17.1. The van der Waals surface area contributed by atoms with Crippen LogP contribution in [0.1, 0.15) is 46.0 Å². The fourth-order valence-electron chi connectivity index (χ4n) is 4.41. The summed E-state index contributed by atoms with van der Waals surface area (Å²) in [5.74, 6) is 0.787. The Bertz CT molecular complexity index is 544. The Balaban J connectivity index is 1.55. The minimum atomic E-state index is -0.110. The molecule has 2 bridgehead atoms. The number of methoxy groups -OCH3 is 1. The zero-order valence-electron chi connectivity index (χ0n) is 14.9. The van der Waals surface area contributed by atoms with Crippen LogP contribution in [0.2, 0.25) is 0 Å². The molecule has 2 saturated heterocycles. The molecule has 0 aromatic heterocycles. The number of hydrogen-bond donors (Lipinski definition) is 2. The first-order chi connectivity index (χ1) is 11.6. The average molecular weight is 331 g/mol. The summed E-state index contributed by atoms with van der Waals surface area (Å²) in [4.78, 5) is 15.0. The molecule has 3 rings (SSSR count). The highest BCUT2D eigenvalue weighted by Crippen LogP contribution is 2.35. The molecule has 0 spiro atoms. The second kappa shape index (κ2) is 7.43. The van der Waals surface area contributed by atoms with E-state index in [4.69, 9.17) is 4.74 Å². The van der Waals surface area contributed by atoms with E-state index in [1.54, 1.807) is 7.11 Å². The first-order valence-corrected chi connectivity index (χ1v) is 9.06. The van der Waals surface area contributed by atoms with Gasteiger partial charge in [-0.3, -0.25) is 4.90 Å². The lowest BCUT2D eigenvalue weighted by Gasteiger charge is -2.51. The number of rotatable bonds is 4. The summed E-state index contributed by atoms with van der Waals surface area (Å²) in [6.07, 6.45) is 5.96. The van der Waals surface area contributed by atoms with E-state index in [2.05, 4.69) is 29.4 Å². The molecule has 24 heavy (non-hydrogen) atoms. The number of hydrogen-bond acceptors (Lipinski definition) is 3. The van der Waals surface area contributed by atoms with Crippen LogP contribution < -0.4 is 15.4 Å². The van der Waals surface area contributed by atoms with E-state index < -0.39 is 0 Å². The highest BCUT2D eigenvalue weighted by Gasteiger charge is 2.39. The molecule has 2 aliphatic heterocycles. The van der Waals surface area contributed by atoms with E-state index in [0.29, 0.717) is 18.1 Å². The summed E-state index contributed by atoms with van der Waals surface area (Å²) < 4.78 is 5.13. The van der Waals surface area contributed by atoms with Crippen molar-refractivity contribution in [3.63, 3.8) is 0 Å². The van der Waals surface area contributed by atoms with E-state index in [1.165, 1.54) is 19.3 Å². The fraction of sp³-hybridized carbons (Fsp3) is 0.632. The van der Waals surface area contributed by atoms with Crippen LogP contribution in [-0.2, 0) is 0 Å². The quantitative estimate of drug-likeness (QED) is 0.886. The van der Waals surface area contributed by atoms with E-state index in [-0.39, 0.29) is 12.1 Å². The molecule has 0 radical (unpaired) electrons. The number of amides is 2. The molecule has 1 aromatic carbocycles. The molecule has 5 nitrogen and oxygen atoms in total. The molecule has 3 atom stereocenters. The normalized spacial score (nSPS) is 26.9. The van der Waals surface area contributed by atoms with Gasteiger partial charge >= 0.3 is 6.03 Å². The zero-order valence-corrected chi connectivity index (χ0v) is 14.9. The number of ether oxygens (including phenoxy) is 1. The number of fused-ring (bicyclic) bond motifs is 2. The molecular formula is C19H29N3O2. The van der Waals surface area contributed by atoms with E-state index in [1.807, 2.05) is 24.3 Å². The van der Waals surface area contributed by atoms with Crippen molar-refractivity contribution in [2.24, 2.45) is 0 Å². The van der Waals surface area contributed by atoms with Crippen molar-refractivity contribution in [3.8, 4) is 5.75 Å². The number of benzene rings is 1. The van der Waals surface area contributed by atoms with E-state index >= 15 is 0 Å². The summed E-state index contributed by atoms with van der Waals surface area (Å²) in [5.41, 5.74) is 0.785. The Kier molecular flexibility index (Phi) is 5.29. The van der Waals surface area contributed by atoms with Crippen LogP contribution in [0.5, 0.6) is 5.75 Å². The molecule has 2 fully saturated rings. The van der Waals surface area contributed by atoms with Crippen molar-refractivity contribution >= 4 is 11.7 Å². The first-order valence-electron chi connectivity index (χ1n) is 9.06. The Morgan fingerprint density at radius 2 is 1.79 bits per heavy atom. The van der Waals surface area contributed by atoms with Gasteiger partial charge < -0.3 is 15.4 Å². The SMILES string of the molecule is COc1ccc(NC(=O)NC2C[C@H]3CCC[C@@H](C2)N3C(C)C)cc1. The van der Waals surface area contributed by atoms with Gasteiger partial charge in [0, 0.05) is 29.9 Å². The number of nitrogens with one attached hydrogen (secondary N) is 2. The van der Waals surface area contributed by atoms with Crippen LogP contribution in [0.25, 0.3) is 0 Å². The predicted molar refractivity (Wildman–Crippen MR) is 96.6 cm³/mol. The molecule has 5 heteroatoms. The van der Waals surface area contributed by atoms with Crippen molar-refractivity contribution in [2.45, 2.75) is 70.1 Å². The van der Waals surface area contributed by atoms with Crippen molar-refractivity contribution in [1.29, 1.82) is 0 Å². The fourth-order valence-corrected chi connectivity index (χ4v) is 4.41. The second-order valence-electron chi connectivity index (χ2n) is 7.27. The summed E-state index contributed by atoms with van der Waals surface area (Å²) in [5, 5.41) is 6.10. The largest absolute Gasteiger partial charge is 0.497 e. The Morgan fingerprint density at radius 3 is 2.33 bits per heavy atom. The van der Waals surface area contributed by atoms with Gasteiger partial charge in [0.25, 0.3) is 0 Å². The van der Waals surface area contributed by atoms with Gasteiger partial charge in [-0.2, -0.15) is 0 Å². The maximum atomic E-state index is 12.3. The smallest absolute Gasteiger partial charge is 0.319 e. The van der Waals surface area contributed by atoms with Crippen molar-refractivity contribution in [3.05, 3.63) is 24.3 Å². The number of carbonyl (C=O) groups is 1. The average Bonchev–Trinajstić information content (AvgIpc) is 2.54. The monoisotopic (exact) mass is 331 g/mol. The lowest BCUT2D eigenvalue weighted by Crippen LogP contribution is -2.59. The van der Waals surface area contributed by atoms with Crippen LogP contribution >= 0.6 is 0 Å². The number of carbonyl (C=O) groups excluding carboxylic acids is 1. The van der Waals surface area contributed by atoms with Gasteiger partial charge in [0.2, 0.25) is 0 Å². The first kappa shape index (κ1) is 17.1. The van der Waals surface area contributed by atoms with E-state index in [9.17, 15) is 4.79 Å². The Labute approximate surface area is 144 Å². The van der Waals surface area contributed by atoms with Gasteiger partial charge in [-0.05, 0) is 63.8 Å². The van der Waals surface area contributed by atoms with Crippen LogP contribution in [0.15, 0.2) is 24.3 Å². The van der Waals surface area contributed by atoms with Gasteiger partial charge in [0.1, 0.15) is 5.75 Å². The maximum absolute atomic E-state index is 12.3. The summed E-state index contributed by atoms with van der Waals surface area (Å²) in [6.45, 7) is 4.57. The van der Waals surface area contributed by atoms with Crippen LogP contribution in [0, 0.1) is 0 Å². The van der Waals surface area contributed by atoms with Crippen LogP contribution in [0.4, 0.5) is 10.5 Å². The number of urea groups is 1. The van der Waals surface area contributed by atoms with Gasteiger partial charge in [-0.25, -0.2) is 4.79 Å². The lowest BCUT2D eigenvalue weighted by atomic mass is 9.81. The number of piperidine rings is 2. The maximum Gasteiger partial charge on any atom is 0.319 e. The summed E-state index contributed by atoms with van der Waals surface area (Å²) in [6, 6.07) is 9.39. The second-order valence-corrected chi connectivity index (χ2v) is 7.27. The molecule has 1 unspecified atom stereocenters. The van der Waals surface area contributed by atoms with Gasteiger partial charge in [0.15, 0.2) is 0 Å². The highest BCUT2D eigenvalue weighted by atomic mass is 16.5. The molecule has 2 heterocycles. The Morgan fingerprint density at radius 1 is 1.17 bits per heavy atom. The number of nitrogens with zero attached hydrogens (tertiary/aromatic N) is 1. The molecule has 2 N–H and O–H groups in total. The highest BCUT2D eigenvalue weighted by molar-refractivity contribution is 5.89.